The molecule has 0 radical (unpaired) electrons. The summed E-state index contributed by atoms with van der Waals surface area (Å²) < 4.78 is 36.4. The van der Waals surface area contributed by atoms with Crippen molar-refractivity contribution in [1.82, 2.24) is 9.88 Å². The fraction of sp³-hybridized carbons (Fsp3) is 0.545. The van der Waals surface area contributed by atoms with Crippen molar-refractivity contribution < 1.29 is 18.3 Å². The number of aliphatic hydroxyl groups is 1. The third kappa shape index (κ3) is 4.70. The molecule has 0 aliphatic heterocycles. The van der Waals surface area contributed by atoms with Gasteiger partial charge in [-0.2, -0.15) is 13.2 Å². The summed E-state index contributed by atoms with van der Waals surface area (Å²) in [6.45, 7) is 1.63. The van der Waals surface area contributed by atoms with E-state index in [4.69, 9.17) is 5.11 Å². The summed E-state index contributed by atoms with van der Waals surface area (Å²) in [5.41, 5.74) is 1.49. The SMILES string of the molecule is Cc1cccc(CN(C)CC(O)C(F)(F)F)n1. The van der Waals surface area contributed by atoms with E-state index in [1.54, 1.807) is 12.1 Å². The molecule has 0 saturated carbocycles. The Labute approximate surface area is 97.9 Å². The van der Waals surface area contributed by atoms with Crippen LogP contribution in [0.2, 0.25) is 0 Å². The zero-order valence-electron chi connectivity index (χ0n) is 9.70. The van der Waals surface area contributed by atoms with E-state index in [9.17, 15) is 13.2 Å². The van der Waals surface area contributed by atoms with Gasteiger partial charge in [0, 0.05) is 18.8 Å². The van der Waals surface area contributed by atoms with Gasteiger partial charge in [-0.1, -0.05) is 6.07 Å². The zero-order valence-corrected chi connectivity index (χ0v) is 9.70. The van der Waals surface area contributed by atoms with Crippen LogP contribution in [0.5, 0.6) is 0 Å². The van der Waals surface area contributed by atoms with Crippen LogP contribution < -0.4 is 0 Å². The number of nitrogens with zero attached hydrogens (tertiary/aromatic N) is 2. The molecule has 0 saturated heterocycles. The Morgan fingerprint density at radius 2 is 2.06 bits per heavy atom. The molecule has 1 unspecified atom stereocenters. The molecule has 3 nitrogen and oxygen atoms in total. The van der Waals surface area contributed by atoms with E-state index < -0.39 is 18.8 Å². The van der Waals surface area contributed by atoms with E-state index in [1.165, 1.54) is 11.9 Å². The number of aromatic nitrogens is 1. The summed E-state index contributed by atoms with van der Waals surface area (Å²) in [6, 6.07) is 5.35. The topological polar surface area (TPSA) is 36.4 Å². The van der Waals surface area contributed by atoms with Crippen molar-refractivity contribution in [2.45, 2.75) is 25.7 Å². The molecular weight excluding hydrogens is 233 g/mol. The normalized spacial score (nSPS) is 14.1. The molecule has 0 spiro atoms. The number of likely N-dealkylation sites (N-methyl/N-ethyl adjacent to an activating group) is 1. The van der Waals surface area contributed by atoms with Crippen LogP contribution in [0.4, 0.5) is 13.2 Å². The molecule has 1 atom stereocenters. The summed E-state index contributed by atoms with van der Waals surface area (Å²) in [5, 5.41) is 8.90. The largest absolute Gasteiger partial charge is 0.415 e. The number of alkyl halides is 3. The second kappa shape index (κ2) is 5.46. The van der Waals surface area contributed by atoms with Crippen molar-refractivity contribution in [3.8, 4) is 0 Å². The highest BCUT2D eigenvalue weighted by Crippen LogP contribution is 2.20. The highest BCUT2D eigenvalue weighted by Gasteiger charge is 2.38. The van der Waals surface area contributed by atoms with Crippen LogP contribution in [0.3, 0.4) is 0 Å². The molecule has 1 heterocycles. The Kier molecular flexibility index (Phi) is 4.47. The molecule has 0 fully saturated rings. The Balaban J connectivity index is 2.53. The second-order valence-corrected chi connectivity index (χ2v) is 4.02. The molecule has 0 aliphatic carbocycles. The fourth-order valence-electron chi connectivity index (χ4n) is 1.43. The standard InChI is InChI=1S/C11H15F3N2O/c1-8-4-3-5-9(15-8)6-16(2)7-10(17)11(12,13)14/h3-5,10,17H,6-7H2,1-2H3. The van der Waals surface area contributed by atoms with E-state index in [2.05, 4.69) is 4.98 Å². The van der Waals surface area contributed by atoms with Crippen molar-refractivity contribution >= 4 is 0 Å². The highest BCUT2D eigenvalue weighted by atomic mass is 19.4. The minimum Gasteiger partial charge on any atom is -0.382 e. The lowest BCUT2D eigenvalue weighted by Crippen LogP contribution is -2.39. The highest BCUT2D eigenvalue weighted by molar-refractivity contribution is 5.09. The van der Waals surface area contributed by atoms with Gasteiger partial charge in [-0.25, -0.2) is 0 Å². The maximum Gasteiger partial charge on any atom is 0.415 e. The number of hydrogen-bond donors (Lipinski definition) is 1. The smallest absolute Gasteiger partial charge is 0.382 e. The molecular formula is C11H15F3N2O. The van der Waals surface area contributed by atoms with Crippen LogP contribution in [0.25, 0.3) is 0 Å². The van der Waals surface area contributed by atoms with Gasteiger partial charge in [-0.05, 0) is 26.1 Å². The van der Waals surface area contributed by atoms with Gasteiger partial charge in [0.2, 0.25) is 0 Å². The maximum atomic E-state index is 12.1. The number of hydrogen-bond acceptors (Lipinski definition) is 3. The van der Waals surface area contributed by atoms with Gasteiger partial charge in [-0.3, -0.25) is 9.88 Å². The summed E-state index contributed by atoms with van der Waals surface area (Å²) >= 11 is 0. The van der Waals surface area contributed by atoms with Crippen LogP contribution in [0.1, 0.15) is 11.4 Å². The quantitative estimate of drug-likeness (QED) is 0.881. The molecule has 17 heavy (non-hydrogen) atoms. The lowest BCUT2D eigenvalue weighted by Gasteiger charge is -2.21. The molecule has 0 aliphatic rings. The first-order chi connectivity index (χ1) is 7.79. The van der Waals surface area contributed by atoms with Gasteiger partial charge in [0.25, 0.3) is 0 Å². The van der Waals surface area contributed by atoms with Gasteiger partial charge < -0.3 is 5.11 Å². The number of pyridine rings is 1. The Bertz CT molecular complexity index is 368. The second-order valence-electron chi connectivity index (χ2n) is 4.02. The van der Waals surface area contributed by atoms with Gasteiger partial charge in [0.1, 0.15) is 0 Å². The summed E-state index contributed by atoms with van der Waals surface area (Å²) in [7, 11) is 1.51. The monoisotopic (exact) mass is 248 g/mol. The first-order valence-corrected chi connectivity index (χ1v) is 5.15. The maximum absolute atomic E-state index is 12.1. The first-order valence-electron chi connectivity index (χ1n) is 5.15. The van der Waals surface area contributed by atoms with E-state index in [-0.39, 0.29) is 6.54 Å². The zero-order chi connectivity index (χ0) is 13.1. The number of aryl methyl sites for hydroxylation is 1. The lowest BCUT2D eigenvalue weighted by molar-refractivity contribution is -0.207. The van der Waals surface area contributed by atoms with Gasteiger partial charge in [0.15, 0.2) is 6.10 Å². The fourth-order valence-corrected chi connectivity index (χ4v) is 1.43. The molecule has 1 aromatic heterocycles. The van der Waals surface area contributed by atoms with Gasteiger partial charge >= 0.3 is 6.18 Å². The minimum absolute atomic E-state index is 0.273. The van der Waals surface area contributed by atoms with Crippen LogP contribution in [0.15, 0.2) is 18.2 Å². The van der Waals surface area contributed by atoms with E-state index in [1.807, 2.05) is 13.0 Å². The number of aliphatic hydroxyl groups excluding tert-OH is 1. The van der Waals surface area contributed by atoms with Gasteiger partial charge in [0.05, 0.1) is 5.69 Å². The van der Waals surface area contributed by atoms with Crippen molar-refractivity contribution in [2.75, 3.05) is 13.6 Å². The van der Waals surface area contributed by atoms with Gasteiger partial charge in [-0.15, -0.1) is 0 Å². The number of rotatable bonds is 4. The number of halogens is 3. The average Bonchev–Trinajstić information content (AvgIpc) is 2.15. The third-order valence-corrected chi connectivity index (χ3v) is 2.24. The molecule has 6 heteroatoms. The van der Waals surface area contributed by atoms with Crippen molar-refractivity contribution in [3.63, 3.8) is 0 Å². The molecule has 0 amide bonds. The molecule has 1 aromatic rings. The van der Waals surface area contributed by atoms with Crippen molar-refractivity contribution in [3.05, 3.63) is 29.6 Å². The molecule has 1 rings (SSSR count). The summed E-state index contributed by atoms with van der Waals surface area (Å²) in [4.78, 5) is 5.57. The van der Waals surface area contributed by atoms with E-state index in [0.29, 0.717) is 5.69 Å². The lowest BCUT2D eigenvalue weighted by atomic mass is 10.2. The first kappa shape index (κ1) is 13.9. The molecule has 1 N–H and O–H groups in total. The average molecular weight is 248 g/mol. The predicted molar refractivity (Wildman–Crippen MR) is 57.4 cm³/mol. The Morgan fingerprint density at radius 1 is 1.41 bits per heavy atom. The molecule has 96 valence electrons. The van der Waals surface area contributed by atoms with E-state index >= 15 is 0 Å². The Hall–Kier alpha value is -1.14. The van der Waals surface area contributed by atoms with Crippen LogP contribution in [-0.2, 0) is 6.54 Å². The van der Waals surface area contributed by atoms with Crippen molar-refractivity contribution in [1.29, 1.82) is 0 Å². The third-order valence-electron chi connectivity index (χ3n) is 2.24. The summed E-state index contributed by atoms with van der Waals surface area (Å²) in [6.07, 6.45) is -6.90. The summed E-state index contributed by atoms with van der Waals surface area (Å²) in [5.74, 6) is 0. The van der Waals surface area contributed by atoms with Crippen LogP contribution >= 0.6 is 0 Å². The predicted octanol–water partition coefficient (Wildman–Crippen LogP) is 1.75. The van der Waals surface area contributed by atoms with Crippen LogP contribution in [0, 0.1) is 6.92 Å². The van der Waals surface area contributed by atoms with Crippen LogP contribution in [-0.4, -0.2) is 40.9 Å². The van der Waals surface area contributed by atoms with E-state index in [0.717, 1.165) is 5.69 Å². The Morgan fingerprint density at radius 3 is 2.59 bits per heavy atom. The van der Waals surface area contributed by atoms with Crippen molar-refractivity contribution in [2.24, 2.45) is 0 Å². The molecule has 0 bridgehead atoms. The molecule has 0 aromatic carbocycles. The minimum atomic E-state index is -4.58.